The second-order valence-corrected chi connectivity index (χ2v) is 8.25. The summed E-state index contributed by atoms with van der Waals surface area (Å²) in [6.45, 7) is 3.84. The molecule has 166 valence electrons. The van der Waals surface area contributed by atoms with E-state index in [0.717, 1.165) is 21.8 Å². The van der Waals surface area contributed by atoms with Gasteiger partial charge in [0.15, 0.2) is 18.1 Å². The summed E-state index contributed by atoms with van der Waals surface area (Å²) >= 11 is 7.82. The fourth-order valence-corrected chi connectivity index (χ4v) is 4.25. The van der Waals surface area contributed by atoms with Crippen molar-refractivity contribution in [1.29, 1.82) is 0 Å². The number of rotatable bonds is 9. The summed E-state index contributed by atoms with van der Waals surface area (Å²) < 4.78 is 11.2. The average molecular weight is 477 g/mol. The van der Waals surface area contributed by atoms with Crippen molar-refractivity contribution in [2.45, 2.75) is 0 Å². The van der Waals surface area contributed by atoms with Gasteiger partial charge in [-0.25, -0.2) is 4.98 Å². The van der Waals surface area contributed by atoms with Gasteiger partial charge in [-0.3, -0.25) is 4.79 Å². The molecule has 0 aliphatic heterocycles. The van der Waals surface area contributed by atoms with Crippen molar-refractivity contribution >= 4 is 34.5 Å². The Morgan fingerprint density at radius 1 is 1.03 bits per heavy atom. The summed E-state index contributed by atoms with van der Waals surface area (Å²) in [7, 11) is 0. The third-order valence-corrected chi connectivity index (χ3v) is 5.82. The fourth-order valence-electron chi connectivity index (χ4n) is 3.10. The molecule has 0 spiro atoms. The van der Waals surface area contributed by atoms with Gasteiger partial charge < -0.3 is 14.8 Å². The Morgan fingerprint density at radius 2 is 1.79 bits per heavy atom. The molecular formula is C26H21ClN2O3S. The standard InChI is InChI=1S/C26H21ClN2O3S/c1-2-14-31-23-12-5-6-13-24(23)32-16-25(30)28-19-9-7-8-18(15-19)22-17-33-26(29-22)20-10-3-4-11-21(20)27/h2-13,15,17H,1,14,16H2,(H,28,30). The highest BCUT2D eigenvalue weighted by Crippen LogP contribution is 2.33. The highest BCUT2D eigenvalue weighted by Gasteiger charge is 2.11. The SMILES string of the molecule is C=CCOc1ccccc1OCC(=O)Nc1cccc(-c2csc(-c3ccccc3Cl)n2)c1. The summed E-state index contributed by atoms with van der Waals surface area (Å²) in [5, 5.41) is 6.35. The number of ether oxygens (including phenoxy) is 2. The number of carbonyl (C=O) groups is 1. The molecule has 5 nitrogen and oxygen atoms in total. The molecule has 4 aromatic rings. The first-order valence-electron chi connectivity index (χ1n) is 10.2. The van der Waals surface area contributed by atoms with Gasteiger partial charge in [0.2, 0.25) is 0 Å². The van der Waals surface area contributed by atoms with Crippen molar-refractivity contribution in [3.8, 4) is 33.3 Å². The van der Waals surface area contributed by atoms with Gasteiger partial charge in [-0.05, 0) is 30.3 Å². The van der Waals surface area contributed by atoms with E-state index in [1.807, 2.05) is 66.0 Å². The van der Waals surface area contributed by atoms with Gasteiger partial charge in [-0.1, -0.05) is 66.7 Å². The molecule has 0 atom stereocenters. The van der Waals surface area contributed by atoms with Crippen LogP contribution in [0.2, 0.25) is 5.02 Å². The number of aromatic nitrogens is 1. The Kier molecular flexibility index (Phi) is 7.40. The first-order valence-corrected chi connectivity index (χ1v) is 11.5. The molecule has 1 heterocycles. The van der Waals surface area contributed by atoms with Gasteiger partial charge in [0.25, 0.3) is 5.91 Å². The van der Waals surface area contributed by atoms with Crippen molar-refractivity contribution in [3.05, 3.63) is 95.9 Å². The zero-order valence-corrected chi connectivity index (χ0v) is 19.2. The van der Waals surface area contributed by atoms with E-state index in [9.17, 15) is 4.79 Å². The lowest BCUT2D eigenvalue weighted by Crippen LogP contribution is -2.20. The normalized spacial score (nSPS) is 10.5. The van der Waals surface area contributed by atoms with E-state index >= 15 is 0 Å². The monoisotopic (exact) mass is 476 g/mol. The number of nitrogens with one attached hydrogen (secondary N) is 1. The molecule has 1 amide bonds. The van der Waals surface area contributed by atoms with Crippen LogP contribution in [0.4, 0.5) is 5.69 Å². The Balaban J connectivity index is 1.41. The van der Waals surface area contributed by atoms with Crippen LogP contribution in [-0.4, -0.2) is 24.1 Å². The van der Waals surface area contributed by atoms with E-state index in [-0.39, 0.29) is 12.5 Å². The molecule has 0 unspecified atom stereocenters. The van der Waals surface area contributed by atoms with E-state index in [1.54, 1.807) is 18.2 Å². The van der Waals surface area contributed by atoms with E-state index in [2.05, 4.69) is 11.9 Å². The van der Waals surface area contributed by atoms with Gasteiger partial charge >= 0.3 is 0 Å². The Bertz CT molecular complexity index is 1270. The van der Waals surface area contributed by atoms with Crippen LogP contribution in [-0.2, 0) is 4.79 Å². The van der Waals surface area contributed by atoms with Crippen LogP contribution >= 0.6 is 22.9 Å². The van der Waals surface area contributed by atoms with E-state index in [1.165, 1.54) is 11.3 Å². The minimum atomic E-state index is -0.277. The second kappa shape index (κ2) is 10.8. The maximum Gasteiger partial charge on any atom is 0.262 e. The van der Waals surface area contributed by atoms with E-state index < -0.39 is 0 Å². The maximum absolute atomic E-state index is 12.5. The van der Waals surface area contributed by atoms with Gasteiger partial charge in [0, 0.05) is 22.2 Å². The molecule has 33 heavy (non-hydrogen) atoms. The fraction of sp³-hybridized carbons (Fsp3) is 0.0769. The predicted octanol–water partition coefficient (Wildman–Crippen LogP) is 6.71. The third-order valence-electron chi connectivity index (χ3n) is 4.62. The van der Waals surface area contributed by atoms with Crippen molar-refractivity contribution in [3.63, 3.8) is 0 Å². The number of halogens is 1. The molecule has 1 aromatic heterocycles. The molecule has 0 saturated heterocycles. The van der Waals surface area contributed by atoms with Crippen LogP contribution in [0, 0.1) is 0 Å². The van der Waals surface area contributed by atoms with Gasteiger partial charge in [0.05, 0.1) is 10.7 Å². The van der Waals surface area contributed by atoms with E-state index in [0.29, 0.717) is 28.8 Å². The molecule has 0 aliphatic rings. The van der Waals surface area contributed by atoms with Gasteiger partial charge in [-0.2, -0.15) is 0 Å². The van der Waals surface area contributed by atoms with Crippen molar-refractivity contribution < 1.29 is 14.3 Å². The first-order chi connectivity index (χ1) is 16.1. The molecule has 0 bridgehead atoms. The lowest BCUT2D eigenvalue weighted by Gasteiger charge is -2.12. The molecule has 1 N–H and O–H groups in total. The number of thiazole rings is 1. The summed E-state index contributed by atoms with van der Waals surface area (Å²) in [4.78, 5) is 17.2. The maximum atomic E-state index is 12.5. The van der Waals surface area contributed by atoms with Crippen molar-refractivity contribution in [2.75, 3.05) is 18.5 Å². The number of anilines is 1. The quantitative estimate of drug-likeness (QED) is 0.272. The van der Waals surface area contributed by atoms with Gasteiger partial charge in [0.1, 0.15) is 11.6 Å². The summed E-state index contributed by atoms with van der Waals surface area (Å²) in [5.41, 5.74) is 3.26. The lowest BCUT2D eigenvalue weighted by atomic mass is 10.1. The molecular weight excluding hydrogens is 456 g/mol. The molecule has 0 fully saturated rings. The van der Waals surface area contributed by atoms with Crippen LogP contribution in [0.5, 0.6) is 11.5 Å². The molecule has 0 radical (unpaired) electrons. The van der Waals surface area contributed by atoms with Crippen LogP contribution in [0.1, 0.15) is 0 Å². The second-order valence-electron chi connectivity index (χ2n) is 6.98. The van der Waals surface area contributed by atoms with Crippen molar-refractivity contribution in [1.82, 2.24) is 4.98 Å². The van der Waals surface area contributed by atoms with Gasteiger partial charge in [-0.15, -0.1) is 11.3 Å². The number of para-hydroxylation sites is 2. The van der Waals surface area contributed by atoms with Crippen LogP contribution < -0.4 is 14.8 Å². The molecule has 7 heteroatoms. The van der Waals surface area contributed by atoms with Crippen molar-refractivity contribution in [2.24, 2.45) is 0 Å². The highest BCUT2D eigenvalue weighted by molar-refractivity contribution is 7.13. The number of benzene rings is 3. The van der Waals surface area contributed by atoms with Crippen LogP contribution in [0.15, 0.2) is 90.8 Å². The Morgan fingerprint density at radius 3 is 2.58 bits per heavy atom. The number of carbonyl (C=O) groups excluding carboxylic acids is 1. The summed E-state index contributed by atoms with van der Waals surface area (Å²) in [6.07, 6.45) is 1.65. The number of hydrogen-bond acceptors (Lipinski definition) is 5. The largest absolute Gasteiger partial charge is 0.486 e. The zero-order valence-electron chi connectivity index (χ0n) is 17.7. The Hall–Kier alpha value is -3.61. The lowest BCUT2D eigenvalue weighted by molar-refractivity contribution is -0.118. The first kappa shape index (κ1) is 22.6. The van der Waals surface area contributed by atoms with Crippen LogP contribution in [0.3, 0.4) is 0 Å². The van der Waals surface area contributed by atoms with Crippen LogP contribution in [0.25, 0.3) is 21.8 Å². The molecule has 0 aliphatic carbocycles. The molecule has 4 rings (SSSR count). The Labute approximate surface area is 201 Å². The summed E-state index contributed by atoms with van der Waals surface area (Å²) in [5.74, 6) is 0.781. The molecule has 0 saturated carbocycles. The zero-order chi connectivity index (χ0) is 23.0. The summed E-state index contributed by atoms with van der Waals surface area (Å²) in [6, 6.07) is 22.3. The topological polar surface area (TPSA) is 60.5 Å². The number of amides is 1. The molecule has 3 aromatic carbocycles. The smallest absolute Gasteiger partial charge is 0.262 e. The minimum absolute atomic E-state index is 0.147. The number of nitrogens with zero attached hydrogens (tertiary/aromatic N) is 1. The van der Waals surface area contributed by atoms with E-state index in [4.69, 9.17) is 26.1 Å². The third kappa shape index (κ3) is 5.80. The minimum Gasteiger partial charge on any atom is -0.486 e. The number of hydrogen-bond donors (Lipinski definition) is 1. The highest BCUT2D eigenvalue weighted by atomic mass is 35.5. The predicted molar refractivity (Wildman–Crippen MR) is 134 cm³/mol. The average Bonchev–Trinajstić information content (AvgIpc) is 3.32.